The largest absolute Gasteiger partial charge is 0.457 e. The molecule has 59 heavy (non-hydrogen) atoms. The van der Waals surface area contributed by atoms with Gasteiger partial charge in [-0.15, -0.1) is 0 Å². The average molecular weight is 793 g/mol. The van der Waals surface area contributed by atoms with E-state index in [-0.39, 0.29) is 61.5 Å². The summed E-state index contributed by atoms with van der Waals surface area (Å²) in [6.45, 7) is 14.3. The van der Waals surface area contributed by atoms with E-state index in [9.17, 15) is 28.8 Å². The summed E-state index contributed by atoms with van der Waals surface area (Å²) in [6, 6.07) is 25.1. The summed E-state index contributed by atoms with van der Waals surface area (Å²) in [5.74, 6) is 1.38. The fourth-order valence-electron chi connectivity index (χ4n) is 6.19. The molecule has 0 aliphatic rings. The van der Waals surface area contributed by atoms with Crippen molar-refractivity contribution >= 4 is 33.5 Å². The first-order valence-corrected chi connectivity index (χ1v) is 18.3. The Morgan fingerprint density at radius 2 is 0.932 bits per heavy atom. The molecule has 7 rings (SSSR count). The van der Waals surface area contributed by atoms with Crippen LogP contribution in [-0.4, -0.2) is 21.1 Å². The van der Waals surface area contributed by atoms with Crippen LogP contribution >= 0.6 is 0 Å². The van der Waals surface area contributed by atoms with E-state index in [2.05, 4.69) is 13.2 Å². The molecule has 2 heterocycles. The van der Waals surface area contributed by atoms with Gasteiger partial charge in [0.25, 0.3) is 22.2 Å². The quantitative estimate of drug-likeness (QED) is 0.0673. The minimum absolute atomic E-state index is 0.0202. The summed E-state index contributed by atoms with van der Waals surface area (Å²) >= 11 is 0. The molecule has 0 atom stereocenters. The lowest BCUT2D eigenvalue weighted by atomic mass is 10.0. The van der Waals surface area contributed by atoms with E-state index in [1.54, 1.807) is 55.5 Å². The Hall–Kier alpha value is -7.80. The molecule has 0 saturated heterocycles. The maximum atomic E-state index is 13.8. The van der Waals surface area contributed by atoms with Gasteiger partial charge in [-0.2, -0.15) is 0 Å². The number of nitrogens with zero attached hydrogens (tertiary/aromatic N) is 2. The van der Waals surface area contributed by atoms with Crippen molar-refractivity contribution in [3.8, 4) is 51.7 Å². The van der Waals surface area contributed by atoms with Gasteiger partial charge in [-0.25, -0.2) is 14.2 Å². The van der Waals surface area contributed by atoms with E-state index in [4.69, 9.17) is 23.7 Å². The predicted molar refractivity (Wildman–Crippen MR) is 222 cm³/mol. The summed E-state index contributed by atoms with van der Waals surface area (Å²) in [5.41, 5.74) is -1.04. The lowest BCUT2D eigenvalue weighted by Gasteiger charge is -2.17. The molecule has 0 radical (unpaired) electrons. The van der Waals surface area contributed by atoms with Crippen molar-refractivity contribution < 1.29 is 33.3 Å². The van der Waals surface area contributed by atoms with Gasteiger partial charge in [0.05, 0.1) is 27.2 Å². The normalized spacial score (nSPS) is 11.2. The number of carbonyl (C=O) groups is 2. The Balaban J connectivity index is 1.27. The molecule has 0 N–H and O–H groups in total. The number of hydrogen-bond donors (Lipinski definition) is 0. The van der Waals surface area contributed by atoms with E-state index >= 15 is 0 Å². The third-order valence-corrected chi connectivity index (χ3v) is 9.34. The molecule has 0 bridgehead atoms. The molecule has 0 spiro atoms. The highest BCUT2D eigenvalue weighted by atomic mass is 16.5. The van der Waals surface area contributed by atoms with Crippen molar-refractivity contribution in [2.75, 3.05) is 0 Å². The fraction of sp³-hybridized carbons (Fsp3) is 0.130. The molecule has 0 unspecified atom stereocenters. The van der Waals surface area contributed by atoms with Gasteiger partial charge in [0.15, 0.2) is 11.5 Å². The van der Waals surface area contributed by atoms with Gasteiger partial charge >= 0.3 is 11.9 Å². The molecule has 296 valence electrons. The van der Waals surface area contributed by atoms with Gasteiger partial charge in [0.2, 0.25) is 0 Å². The summed E-state index contributed by atoms with van der Waals surface area (Å²) in [7, 11) is 1.33. The van der Waals surface area contributed by atoms with Gasteiger partial charge in [-0.05, 0) is 104 Å². The van der Waals surface area contributed by atoms with Crippen LogP contribution in [0.3, 0.4) is 0 Å². The van der Waals surface area contributed by atoms with Gasteiger partial charge in [0.1, 0.15) is 34.5 Å². The second kappa shape index (κ2) is 15.6. The van der Waals surface area contributed by atoms with E-state index in [1.165, 1.54) is 56.4 Å². The molecule has 0 saturated carbocycles. The van der Waals surface area contributed by atoms with Crippen LogP contribution in [0, 0.1) is 0 Å². The first kappa shape index (κ1) is 39.4. The highest BCUT2D eigenvalue weighted by Gasteiger charge is 2.21. The zero-order valence-electron chi connectivity index (χ0n) is 32.6. The van der Waals surface area contributed by atoms with Crippen LogP contribution in [-0.2, 0) is 16.6 Å². The average Bonchev–Trinajstić information content (AvgIpc) is 3.57. The SMILES string of the molecule is C=C(C)C(=O)Oc1ccc(Oc2cc(-n3c(=O)c4cc5c(=O)n(C)c(=O)c5cc4c3=O)ccc2Oc2ccc(C(C)C)c(Oc3ccc(OC(=O)C(=C)C)cc3)c2)cc1. The van der Waals surface area contributed by atoms with Crippen molar-refractivity contribution in [1.29, 1.82) is 0 Å². The van der Waals surface area contributed by atoms with E-state index in [0.717, 1.165) is 14.7 Å². The smallest absolute Gasteiger partial charge is 0.338 e. The topological polar surface area (TPSA) is 158 Å². The molecule has 13 heteroatoms. The highest BCUT2D eigenvalue weighted by Crippen LogP contribution is 2.40. The van der Waals surface area contributed by atoms with Gasteiger partial charge < -0.3 is 23.7 Å². The molecular weight excluding hydrogens is 757 g/mol. The Kier molecular flexibility index (Phi) is 10.4. The molecule has 7 aromatic rings. The monoisotopic (exact) mass is 792 g/mol. The Bertz CT molecular complexity index is 2990. The van der Waals surface area contributed by atoms with Crippen LogP contribution in [0.1, 0.15) is 39.2 Å². The van der Waals surface area contributed by atoms with Gasteiger partial charge in [0, 0.05) is 30.3 Å². The van der Waals surface area contributed by atoms with Crippen LogP contribution in [0.2, 0.25) is 0 Å². The summed E-state index contributed by atoms with van der Waals surface area (Å²) < 4.78 is 31.4. The number of fused-ring (bicyclic) bond motifs is 2. The molecule has 0 fully saturated rings. The Labute approximate surface area is 335 Å². The van der Waals surface area contributed by atoms with E-state index < -0.39 is 34.2 Å². The lowest BCUT2D eigenvalue weighted by molar-refractivity contribution is -0.130. The van der Waals surface area contributed by atoms with Gasteiger partial charge in [-0.1, -0.05) is 33.1 Å². The molecule has 0 amide bonds. The zero-order chi connectivity index (χ0) is 42.3. The summed E-state index contributed by atoms with van der Waals surface area (Å²) in [5, 5.41) is 0.0380. The molecular formula is C46H36N2O11. The molecule has 2 aromatic heterocycles. The van der Waals surface area contributed by atoms with Crippen LogP contribution in [0.25, 0.3) is 27.2 Å². The van der Waals surface area contributed by atoms with Crippen LogP contribution in [0.15, 0.2) is 141 Å². The summed E-state index contributed by atoms with van der Waals surface area (Å²) in [6.07, 6.45) is 0. The number of esters is 2. The predicted octanol–water partition coefficient (Wildman–Crippen LogP) is 7.90. The van der Waals surface area contributed by atoms with Crippen molar-refractivity contribution in [3.05, 3.63) is 168 Å². The van der Waals surface area contributed by atoms with Gasteiger partial charge in [-0.3, -0.25) is 23.7 Å². The van der Waals surface area contributed by atoms with Crippen molar-refractivity contribution in [3.63, 3.8) is 0 Å². The highest BCUT2D eigenvalue weighted by molar-refractivity contribution is 5.98. The molecule has 13 nitrogen and oxygen atoms in total. The summed E-state index contributed by atoms with van der Waals surface area (Å²) in [4.78, 5) is 77.0. The minimum Gasteiger partial charge on any atom is -0.457 e. The van der Waals surface area contributed by atoms with E-state index in [1.807, 2.05) is 19.9 Å². The van der Waals surface area contributed by atoms with Crippen molar-refractivity contribution in [2.24, 2.45) is 7.05 Å². The molecule has 0 aliphatic carbocycles. The van der Waals surface area contributed by atoms with Crippen LogP contribution < -0.4 is 45.9 Å². The molecule has 5 aromatic carbocycles. The number of benzene rings is 5. The van der Waals surface area contributed by atoms with Crippen molar-refractivity contribution in [2.45, 2.75) is 33.6 Å². The third kappa shape index (κ3) is 7.81. The number of ether oxygens (including phenoxy) is 5. The minimum atomic E-state index is -0.695. The first-order valence-electron chi connectivity index (χ1n) is 18.3. The van der Waals surface area contributed by atoms with Crippen molar-refractivity contribution in [1.82, 2.24) is 9.13 Å². The second-order valence-electron chi connectivity index (χ2n) is 14.1. The number of aromatic nitrogens is 2. The zero-order valence-corrected chi connectivity index (χ0v) is 32.6. The number of hydrogen-bond acceptors (Lipinski definition) is 11. The van der Waals surface area contributed by atoms with Crippen LogP contribution in [0.5, 0.6) is 46.0 Å². The third-order valence-electron chi connectivity index (χ3n) is 9.34. The maximum absolute atomic E-state index is 13.8. The Morgan fingerprint density at radius 3 is 1.41 bits per heavy atom. The fourth-order valence-corrected chi connectivity index (χ4v) is 6.19. The Morgan fingerprint density at radius 1 is 0.508 bits per heavy atom. The number of carbonyl (C=O) groups excluding carboxylic acids is 2. The van der Waals surface area contributed by atoms with Crippen LogP contribution in [0.4, 0.5) is 0 Å². The number of rotatable bonds is 12. The standard InChI is InChI=1S/C46H36N2O11/c1-24(2)33-18-17-32(21-39(33)55-28-9-13-30(14-10-28)58-45(53)25(3)4)57-38-19-8-27(20-40(38)56-29-11-15-31(16-12-29)59-46(54)26(5)6)48-43(51)36-22-34-35(23-37(36)44(48)52)42(50)47(7)41(34)49/h8-24H,3,5H2,1-2,4,6-7H3. The first-order chi connectivity index (χ1) is 28.1. The molecule has 0 aliphatic heterocycles. The lowest BCUT2D eigenvalue weighted by Crippen LogP contribution is -2.23. The second-order valence-corrected chi connectivity index (χ2v) is 14.1. The van der Waals surface area contributed by atoms with E-state index in [0.29, 0.717) is 28.7 Å². The maximum Gasteiger partial charge on any atom is 0.338 e.